The van der Waals surface area contributed by atoms with Crippen LogP contribution < -0.4 is 0 Å². The van der Waals surface area contributed by atoms with E-state index in [-0.39, 0.29) is 6.61 Å². The van der Waals surface area contributed by atoms with Crippen molar-refractivity contribution in [2.75, 3.05) is 18.1 Å². The topological polar surface area (TPSA) is 44.0 Å². The Morgan fingerprint density at radius 2 is 2.00 bits per heavy atom. The van der Waals surface area contributed by atoms with Crippen LogP contribution in [0.3, 0.4) is 0 Å². The summed E-state index contributed by atoms with van der Waals surface area (Å²) >= 11 is 3.20. The third-order valence-corrected chi connectivity index (χ3v) is 3.73. The van der Waals surface area contributed by atoms with Gasteiger partial charge in [-0.1, -0.05) is 13.0 Å². The first kappa shape index (κ1) is 12.4. The number of nitriles is 1. The molecule has 0 saturated carbocycles. The van der Waals surface area contributed by atoms with Crippen molar-refractivity contribution in [3.63, 3.8) is 0 Å². The van der Waals surface area contributed by atoms with Crippen LogP contribution in [0.15, 0.2) is 28.0 Å². The molecule has 1 rings (SSSR count). The molecule has 0 radical (unpaired) electrons. The summed E-state index contributed by atoms with van der Waals surface area (Å²) < 4.78 is 0. The summed E-state index contributed by atoms with van der Waals surface area (Å²) in [6, 6.07) is 8.09. The quantitative estimate of drug-likeness (QED) is 0.802. The molecule has 0 aromatic heterocycles. The van der Waals surface area contributed by atoms with Gasteiger partial charge < -0.3 is 5.11 Å². The van der Waals surface area contributed by atoms with E-state index in [1.165, 1.54) is 11.8 Å². The summed E-state index contributed by atoms with van der Waals surface area (Å²) in [5, 5.41) is 17.8. The van der Waals surface area contributed by atoms with Crippen LogP contribution in [0.4, 0.5) is 0 Å². The van der Waals surface area contributed by atoms with Crippen molar-refractivity contribution >= 4 is 23.5 Å². The first-order valence-corrected chi connectivity index (χ1v) is 6.70. The molecule has 0 heterocycles. The lowest BCUT2D eigenvalue weighted by Gasteiger charge is -2.06. The predicted octanol–water partition coefficient (Wildman–Crippen LogP) is 2.75. The van der Waals surface area contributed by atoms with Gasteiger partial charge in [-0.05, 0) is 17.9 Å². The smallest absolute Gasteiger partial charge is 0.101 e. The van der Waals surface area contributed by atoms with Crippen molar-refractivity contribution in [3.05, 3.63) is 23.8 Å². The average molecular weight is 239 g/mol. The minimum absolute atomic E-state index is 0.140. The van der Waals surface area contributed by atoms with Gasteiger partial charge in [-0.2, -0.15) is 5.26 Å². The summed E-state index contributed by atoms with van der Waals surface area (Å²) in [6.07, 6.45) is 0. The summed E-state index contributed by atoms with van der Waals surface area (Å²) in [4.78, 5) is 1.99. The molecule has 1 N–H and O–H groups in total. The summed E-state index contributed by atoms with van der Waals surface area (Å²) in [5.41, 5.74) is 0.739. The molecule has 4 heteroatoms. The minimum atomic E-state index is 0.140. The largest absolute Gasteiger partial charge is 0.396 e. The molecule has 0 aliphatic rings. The fraction of sp³-hybridized carbons (Fsp3) is 0.364. The number of hydrogen-bond acceptors (Lipinski definition) is 4. The number of hydrogen-bond donors (Lipinski definition) is 1. The first-order valence-electron chi connectivity index (χ1n) is 4.73. The molecular formula is C11H13NOS2. The van der Waals surface area contributed by atoms with Gasteiger partial charge >= 0.3 is 0 Å². The number of nitrogens with zero attached hydrogens (tertiary/aromatic N) is 1. The van der Waals surface area contributed by atoms with Gasteiger partial charge in [-0.15, -0.1) is 23.5 Å². The molecule has 0 bridgehead atoms. The zero-order chi connectivity index (χ0) is 11.1. The van der Waals surface area contributed by atoms with Gasteiger partial charge in [0.1, 0.15) is 6.07 Å². The van der Waals surface area contributed by atoms with Crippen LogP contribution in [-0.2, 0) is 0 Å². The van der Waals surface area contributed by atoms with E-state index in [4.69, 9.17) is 10.4 Å². The van der Waals surface area contributed by atoms with Crippen molar-refractivity contribution in [2.24, 2.45) is 0 Å². The zero-order valence-electron chi connectivity index (χ0n) is 8.56. The molecule has 0 aliphatic carbocycles. The minimum Gasteiger partial charge on any atom is -0.396 e. The molecule has 0 saturated heterocycles. The Bertz CT molecular complexity index is 360. The molecule has 0 aliphatic heterocycles. The highest BCUT2D eigenvalue weighted by Gasteiger charge is 2.07. The molecule has 1 aromatic rings. The van der Waals surface area contributed by atoms with E-state index in [0.29, 0.717) is 5.75 Å². The van der Waals surface area contributed by atoms with E-state index in [2.05, 4.69) is 13.0 Å². The first-order chi connectivity index (χ1) is 7.33. The van der Waals surface area contributed by atoms with Crippen LogP contribution in [0, 0.1) is 11.3 Å². The molecule has 0 unspecified atom stereocenters. The van der Waals surface area contributed by atoms with E-state index >= 15 is 0 Å². The van der Waals surface area contributed by atoms with E-state index < -0.39 is 0 Å². The normalized spacial score (nSPS) is 9.93. The Morgan fingerprint density at radius 1 is 1.33 bits per heavy atom. The molecule has 0 spiro atoms. The lowest BCUT2D eigenvalue weighted by atomic mass is 10.2. The van der Waals surface area contributed by atoms with E-state index in [9.17, 15) is 0 Å². The fourth-order valence-electron chi connectivity index (χ4n) is 1.17. The number of aliphatic hydroxyl groups is 1. The predicted molar refractivity (Wildman–Crippen MR) is 65.4 cm³/mol. The molecular weight excluding hydrogens is 226 g/mol. The van der Waals surface area contributed by atoms with Crippen LogP contribution in [0.25, 0.3) is 0 Å². The average Bonchev–Trinajstić information content (AvgIpc) is 2.27. The van der Waals surface area contributed by atoms with Crippen LogP contribution in [0.1, 0.15) is 12.5 Å². The SMILES string of the molecule is CCSc1cccc(SCCO)c1C#N. The Hall–Kier alpha value is -0.630. The third-order valence-electron chi connectivity index (χ3n) is 1.75. The molecule has 15 heavy (non-hydrogen) atoms. The lowest BCUT2D eigenvalue weighted by molar-refractivity contribution is 0.322. The van der Waals surface area contributed by atoms with E-state index in [1.807, 2.05) is 18.2 Å². The van der Waals surface area contributed by atoms with Crippen molar-refractivity contribution in [1.82, 2.24) is 0 Å². The van der Waals surface area contributed by atoms with Gasteiger partial charge in [0.05, 0.1) is 12.2 Å². The zero-order valence-corrected chi connectivity index (χ0v) is 10.2. The molecule has 80 valence electrons. The van der Waals surface area contributed by atoms with Gasteiger partial charge in [-0.25, -0.2) is 0 Å². The van der Waals surface area contributed by atoms with Crippen molar-refractivity contribution in [2.45, 2.75) is 16.7 Å². The Balaban J connectivity index is 2.95. The van der Waals surface area contributed by atoms with Crippen LogP contribution in [0.5, 0.6) is 0 Å². The number of aliphatic hydroxyl groups excluding tert-OH is 1. The highest BCUT2D eigenvalue weighted by atomic mass is 32.2. The van der Waals surface area contributed by atoms with Gasteiger partial charge in [-0.3, -0.25) is 0 Å². The maximum absolute atomic E-state index is 9.09. The van der Waals surface area contributed by atoms with Crippen LogP contribution in [0.2, 0.25) is 0 Å². The van der Waals surface area contributed by atoms with Gasteiger partial charge in [0.2, 0.25) is 0 Å². The number of rotatable bonds is 5. The monoisotopic (exact) mass is 239 g/mol. The Kier molecular flexibility index (Phi) is 5.62. The molecule has 0 atom stereocenters. The summed E-state index contributed by atoms with van der Waals surface area (Å²) in [7, 11) is 0. The third kappa shape index (κ3) is 3.45. The highest BCUT2D eigenvalue weighted by Crippen LogP contribution is 2.30. The Labute approximate surface area is 98.7 Å². The van der Waals surface area contributed by atoms with Crippen molar-refractivity contribution in [3.8, 4) is 6.07 Å². The highest BCUT2D eigenvalue weighted by molar-refractivity contribution is 8.00. The fourth-order valence-corrected chi connectivity index (χ4v) is 2.81. The number of benzene rings is 1. The second-order valence-corrected chi connectivity index (χ2v) is 5.19. The standard InChI is InChI=1S/C11H13NOS2/c1-2-14-10-4-3-5-11(9(10)8-12)15-7-6-13/h3-5,13H,2,6-7H2,1H3. The molecule has 0 fully saturated rings. The lowest BCUT2D eigenvalue weighted by Crippen LogP contribution is -1.90. The molecule has 1 aromatic carbocycles. The molecule has 2 nitrogen and oxygen atoms in total. The second kappa shape index (κ2) is 6.78. The Morgan fingerprint density at radius 3 is 2.53 bits per heavy atom. The maximum atomic E-state index is 9.09. The second-order valence-electron chi connectivity index (χ2n) is 2.75. The van der Waals surface area contributed by atoms with Gasteiger partial charge in [0.15, 0.2) is 0 Å². The van der Waals surface area contributed by atoms with Crippen LogP contribution >= 0.6 is 23.5 Å². The van der Waals surface area contributed by atoms with Gasteiger partial charge in [0.25, 0.3) is 0 Å². The van der Waals surface area contributed by atoms with Crippen LogP contribution in [-0.4, -0.2) is 23.2 Å². The van der Waals surface area contributed by atoms with E-state index in [0.717, 1.165) is 21.1 Å². The van der Waals surface area contributed by atoms with Crippen molar-refractivity contribution in [1.29, 1.82) is 5.26 Å². The maximum Gasteiger partial charge on any atom is 0.101 e. The molecule has 0 amide bonds. The van der Waals surface area contributed by atoms with Crippen molar-refractivity contribution < 1.29 is 5.11 Å². The van der Waals surface area contributed by atoms with E-state index in [1.54, 1.807) is 11.8 Å². The number of thioether (sulfide) groups is 2. The summed E-state index contributed by atoms with van der Waals surface area (Å²) in [6.45, 7) is 2.21. The summed E-state index contributed by atoms with van der Waals surface area (Å²) in [5.74, 6) is 1.59. The van der Waals surface area contributed by atoms with Gasteiger partial charge in [0, 0.05) is 15.5 Å².